The molecule has 2 amide bonds. The van der Waals surface area contributed by atoms with Crippen molar-refractivity contribution in [2.24, 2.45) is 5.14 Å². The average molecular weight is 397 g/mol. The summed E-state index contributed by atoms with van der Waals surface area (Å²) in [6, 6.07) is 12.7. The van der Waals surface area contributed by atoms with Gasteiger partial charge in [-0.25, -0.2) is 18.2 Å². The number of carbonyl (C=O) groups excluding carboxylic acids is 2. The third-order valence-corrected chi connectivity index (χ3v) is 5.44. The van der Waals surface area contributed by atoms with Crippen LogP contribution in [0.3, 0.4) is 0 Å². The standard InChI is InChI=1S/C18H15N5O4S/c19-28(26,27)13-7-5-12(6-8-13)16-11-20-21-23(16)10-9-22-17(24)14-3-1-2-4-15(14)18(22)25/h1-8,11H,9-10H2,(H2,19,26,27). The van der Waals surface area contributed by atoms with E-state index >= 15 is 0 Å². The van der Waals surface area contributed by atoms with Crippen LogP contribution in [0.1, 0.15) is 20.7 Å². The van der Waals surface area contributed by atoms with Crippen molar-refractivity contribution in [1.82, 2.24) is 19.9 Å². The quantitative estimate of drug-likeness (QED) is 0.637. The Kier molecular flexibility index (Phi) is 4.28. The van der Waals surface area contributed by atoms with E-state index in [1.807, 2.05) is 0 Å². The molecule has 0 bridgehead atoms. The summed E-state index contributed by atoms with van der Waals surface area (Å²) in [4.78, 5) is 26.1. The fraction of sp³-hybridized carbons (Fsp3) is 0.111. The van der Waals surface area contributed by atoms with E-state index < -0.39 is 10.0 Å². The van der Waals surface area contributed by atoms with Crippen LogP contribution in [0.4, 0.5) is 0 Å². The molecular formula is C18H15N5O4S. The van der Waals surface area contributed by atoms with Crippen molar-refractivity contribution in [3.8, 4) is 11.3 Å². The minimum absolute atomic E-state index is 0.00120. The largest absolute Gasteiger partial charge is 0.272 e. The number of hydrogen-bond acceptors (Lipinski definition) is 6. The lowest BCUT2D eigenvalue weighted by Crippen LogP contribution is -2.33. The molecule has 3 aromatic rings. The molecular weight excluding hydrogens is 382 g/mol. The number of amides is 2. The van der Waals surface area contributed by atoms with Gasteiger partial charge in [-0.05, 0) is 24.3 Å². The minimum Gasteiger partial charge on any atom is -0.272 e. The highest BCUT2D eigenvalue weighted by Gasteiger charge is 2.34. The molecule has 0 spiro atoms. The minimum atomic E-state index is -3.78. The van der Waals surface area contributed by atoms with E-state index in [9.17, 15) is 18.0 Å². The molecule has 1 aliphatic heterocycles. The Hall–Kier alpha value is -3.37. The first-order chi connectivity index (χ1) is 13.4. The SMILES string of the molecule is NS(=O)(=O)c1ccc(-c2cnnn2CCN2C(=O)c3ccccc3C2=O)cc1. The van der Waals surface area contributed by atoms with Gasteiger partial charge in [0.1, 0.15) is 0 Å². The van der Waals surface area contributed by atoms with Gasteiger partial charge < -0.3 is 0 Å². The lowest BCUT2D eigenvalue weighted by molar-refractivity contribution is 0.0647. The molecule has 0 aliphatic carbocycles. The van der Waals surface area contributed by atoms with Gasteiger partial charge in [0, 0.05) is 12.1 Å². The van der Waals surface area contributed by atoms with Gasteiger partial charge in [-0.15, -0.1) is 5.10 Å². The second-order valence-corrected chi connectivity index (χ2v) is 7.78. The van der Waals surface area contributed by atoms with E-state index in [0.29, 0.717) is 22.4 Å². The van der Waals surface area contributed by atoms with Crippen molar-refractivity contribution in [1.29, 1.82) is 0 Å². The van der Waals surface area contributed by atoms with Gasteiger partial charge in [-0.1, -0.05) is 29.5 Å². The first kappa shape index (κ1) is 18.0. The Morgan fingerprint density at radius 1 is 0.893 bits per heavy atom. The number of aromatic nitrogens is 3. The lowest BCUT2D eigenvalue weighted by Gasteiger charge is -2.14. The molecule has 1 aliphatic rings. The average Bonchev–Trinajstić information content (AvgIpc) is 3.24. The monoisotopic (exact) mass is 397 g/mol. The predicted octanol–water partition coefficient (Wildman–Crippen LogP) is 0.889. The van der Waals surface area contributed by atoms with Crippen LogP contribution in [0.2, 0.25) is 0 Å². The van der Waals surface area contributed by atoms with Crippen LogP contribution < -0.4 is 5.14 Å². The first-order valence-corrected chi connectivity index (χ1v) is 9.88. The third kappa shape index (κ3) is 3.08. The van der Waals surface area contributed by atoms with Crippen LogP contribution in [0.15, 0.2) is 59.6 Å². The first-order valence-electron chi connectivity index (χ1n) is 8.33. The van der Waals surface area contributed by atoms with E-state index in [-0.39, 0.29) is 29.8 Å². The van der Waals surface area contributed by atoms with Crippen LogP contribution in [0.25, 0.3) is 11.3 Å². The highest BCUT2D eigenvalue weighted by Crippen LogP contribution is 2.23. The highest BCUT2D eigenvalue weighted by atomic mass is 32.2. The molecule has 142 valence electrons. The molecule has 1 aromatic heterocycles. The number of sulfonamides is 1. The third-order valence-electron chi connectivity index (χ3n) is 4.51. The smallest absolute Gasteiger partial charge is 0.261 e. The summed E-state index contributed by atoms with van der Waals surface area (Å²) in [6.45, 7) is 0.385. The van der Waals surface area contributed by atoms with E-state index in [1.54, 1.807) is 41.1 Å². The molecule has 2 aromatic carbocycles. The Morgan fingerprint density at radius 2 is 1.50 bits per heavy atom. The summed E-state index contributed by atoms with van der Waals surface area (Å²) in [7, 11) is -3.78. The Morgan fingerprint density at radius 3 is 2.07 bits per heavy atom. The fourth-order valence-corrected chi connectivity index (χ4v) is 3.61. The van der Waals surface area contributed by atoms with Gasteiger partial charge in [-0.2, -0.15) is 0 Å². The molecule has 4 rings (SSSR count). The molecule has 9 nitrogen and oxygen atoms in total. The zero-order valence-corrected chi connectivity index (χ0v) is 15.3. The second-order valence-electron chi connectivity index (χ2n) is 6.22. The number of fused-ring (bicyclic) bond motifs is 1. The second kappa shape index (κ2) is 6.66. The predicted molar refractivity (Wildman–Crippen MR) is 98.6 cm³/mol. The van der Waals surface area contributed by atoms with E-state index in [2.05, 4.69) is 10.3 Å². The summed E-state index contributed by atoms with van der Waals surface area (Å²) in [5, 5.41) is 13.0. The number of carbonyl (C=O) groups is 2. The lowest BCUT2D eigenvalue weighted by atomic mass is 10.1. The summed E-state index contributed by atoms with van der Waals surface area (Å²) >= 11 is 0. The maximum atomic E-state index is 12.4. The Bertz CT molecular complexity index is 1150. The number of benzene rings is 2. The van der Waals surface area contributed by atoms with Gasteiger partial charge in [0.2, 0.25) is 10.0 Å². The molecule has 0 fully saturated rings. The number of hydrogen-bond donors (Lipinski definition) is 1. The van der Waals surface area contributed by atoms with Crippen LogP contribution in [-0.4, -0.2) is 46.7 Å². The Balaban J connectivity index is 1.53. The van der Waals surface area contributed by atoms with Gasteiger partial charge in [-0.3, -0.25) is 14.5 Å². The van der Waals surface area contributed by atoms with Crippen LogP contribution in [0.5, 0.6) is 0 Å². The topological polar surface area (TPSA) is 128 Å². The molecule has 2 N–H and O–H groups in total. The van der Waals surface area contributed by atoms with Crippen molar-refractivity contribution in [2.45, 2.75) is 11.4 Å². The number of primary sulfonamides is 1. The Labute approximate surface area is 160 Å². The van der Waals surface area contributed by atoms with Crippen molar-refractivity contribution in [2.75, 3.05) is 6.54 Å². The van der Waals surface area contributed by atoms with Crippen molar-refractivity contribution in [3.05, 3.63) is 65.9 Å². The number of imide groups is 1. The van der Waals surface area contributed by atoms with Crippen molar-refractivity contribution in [3.63, 3.8) is 0 Å². The zero-order chi connectivity index (χ0) is 19.9. The molecule has 0 radical (unpaired) electrons. The van der Waals surface area contributed by atoms with Crippen LogP contribution >= 0.6 is 0 Å². The number of rotatable bonds is 5. The van der Waals surface area contributed by atoms with Gasteiger partial charge in [0.05, 0.1) is 34.5 Å². The number of nitrogens with zero attached hydrogens (tertiary/aromatic N) is 4. The van der Waals surface area contributed by atoms with Gasteiger partial charge >= 0.3 is 0 Å². The van der Waals surface area contributed by atoms with Crippen molar-refractivity contribution >= 4 is 21.8 Å². The fourth-order valence-electron chi connectivity index (χ4n) is 3.10. The van der Waals surface area contributed by atoms with Gasteiger partial charge in [0.25, 0.3) is 11.8 Å². The molecule has 0 atom stereocenters. The maximum absolute atomic E-state index is 12.4. The maximum Gasteiger partial charge on any atom is 0.261 e. The summed E-state index contributed by atoms with van der Waals surface area (Å²) < 4.78 is 24.3. The molecule has 2 heterocycles. The summed E-state index contributed by atoms with van der Waals surface area (Å²) in [5.74, 6) is -0.667. The van der Waals surface area contributed by atoms with E-state index in [4.69, 9.17) is 5.14 Å². The van der Waals surface area contributed by atoms with Gasteiger partial charge in [0.15, 0.2) is 0 Å². The van der Waals surface area contributed by atoms with Crippen molar-refractivity contribution < 1.29 is 18.0 Å². The zero-order valence-electron chi connectivity index (χ0n) is 14.5. The molecule has 10 heteroatoms. The highest BCUT2D eigenvalue weighted by molar-refractivity contribution is 7.89. The molecule has 0 saturated heterocycles. The van der Waals surface area contributed by atoms with E-state index in [0.717, 1.165) is 0 Å². The molecule has 0 saturated carbocycles. The van der Waals surface area contributed by atoms with Crippen LogP contribution in [0, 0.1) is 0 Å². The summed E-state index contributed by atoms with van der Waals surface area (Å²) in [5.41, 5.74) is 2.09. The molecule has 28 heavy (non-hydrogen) atoms. The summed E-state index contributed by atoms with van der Waals surface area (Å²) in [6.07, 6.45) is 1.52. The number of nitrogens with two attached hydrogens (primary N) is 1. The normalized spacial score (nSPS) is 13.8. The molecule has 0 unspecified atom stereocenters. The van der Waals surface area contributed by atoms with Crippen LogP contribution in [-0.2, 0) is 16.6 Å². The van der Waals surface area contributed by atoms with E-state index in [1.165, 1.54) is 23.2 Å².